The zero-order valence-electron chi connectivity index (χ0n) is 12.6. The molecule has 0 bridgehead atoms. The fraction of sp³-hybridized carbons (Fsp3) is 0.600. The molecule has 1 aliphatic carbocycles. The van der Waals surface area contributed by atoms with Gasteiger partial charge in [0.05, 0.1) is 4.90 Å². The minimum Gasteiger partial charge on any atom is -0.207 e. The molecule has 0 heterocycles. The molecule has 1 aromatic carbocycles. The van der Waals surface area contributed by atoms with Gasteiger partial charge in [0.25, 0.3) is 0 Å². The highest BCUT2D eigenvalue weighted by Gasteiger charge is 2.38. The van der Waals surface area contributed by atoms with Crippen LogP contribution in [0.5, 0.6) is 0 Å². The smallest absolute Gasteiger partial charge is 0.207 e. The Morgan fingerprint density at radius 2 is 1.86 bits per heavy atom. The monoisotopic (exact) mass is 437 g/mol. The topological polar surface area (TPSA) is 37.4 Å². The average Bonchev–Trinajstić information content (AvgIpc) is 3.17. The summed E-state index contributed by atoms with van der Waals surface area (Å²) in [7, 11) is -3.45. The van der Waals surface area contributed by atoms with E-state index in [1.54, 1.807) is 10.4 Å². The molecule has 0 saturated heterocycles. The van der Waals surface area contributed by atoms with Crippen molar-refractivity contribution in [2.45, 2.75) is 51.0 Å². The van der Waals surface area contributed by atoms with E-state index >= 15 is 0 Å². The zero-order chi connectivity index (χ0) is 15.8. The van der Waals surface area contributed by atoms with Crippen LogP contribution in [0.2, 0.25) is 0 Å². The molecule has 0 radical (unpaired) electrons. The first-order valence-corrected chi connectivity index (χ1v) is 10.2. The third kappa shape index (κ3) is 4.09. The highest BCUT2D eigenvalue weighted by molar-refractivity contribution is 9.11. The predicted octanol–water partition coefficient (Wildman–Crippen LogP) is 4.72. The number of benzene rings is 1. The zero-order valence-corrected chi connectivity index (χ0v) is 16.6. The number of rotatable bonds is 6. The van der Waals surface area contributed by atoms with Gasteiger partial charge >= 0.3 is 0 Å². The lowest BCUT2D eigenvalue weighted by Gasteiger charge is -2.23. The number of hydrogen-bond acceptors (Lipinski definition) is 2. The molecule has 0 spiro atoms. The van der Waals surface area contributed by atoms with E-state index < -0.39 is 10.0 Å². The molecule has 1 fully saturated rings. The van der Waals surface area contributed by atoms with Crippen LogP contribution in [-0.4, -0.2) is 25.3 Å². The fourth-order valence-corrected chi connectivity index (χ4v) is 5.54. The standard InChI is InChI=1S/C15H21Br2NO2S/c1-10(2)6-7-18(12-4-5-12)21(19,20)15-9-13(16)11(3)8-14(15)17/h8-10,12H,4-7H2,1-3H3. The maximum Gasteiger partial charge on any atom is 0.244 e. The van der Waals surface area contributed by atoms with E-state index in [4.69, 9.17) is 0 Å². The molecule has 2 rings (SSSR count). The van der Waals surface area contributed by atoms with Crippen LogP contribution in [0, 0.1) is 12.8 Å². The van der Waals surface area contributed by atoms with Crippen LogP contribution in [0.25, 0.3) is 0 Å². The van der Waals surface area contributed by atoms with Crippen molar-refractivity contribution in [2.75, 3.05) is 6.54 Å². The summed E-state index contributed by atoms with van der Waals surface area (Å²) < 4.78 is 29.1. The molecule has 3 nitrogen and oxygen atoms in total. The lowest BCUT2D eigenvalue weighted by atomic mass is 10.1. The maximum absolute atomic E-state index is 13.0. The third-order valence-electron chi connectivity index (χ3n) is 3.68. The summed E-state index contributed by atoms with van der Waals surface area (Å²) in [4.78, 5) is 0.357. The summed E-state index contributed by atoms with van der Waals surface area (Å²) in [5.41, 5.74) is 1.01. The molecule has 1 saturated carbocycles. The van der Waals surface area contributed by atoms with E-state index in [0.29, 0.717) is 21.8 Å². The number of nitrogens with zero attached hydrogens (tertiary/aromatic N) is 1. The Balaban J connectivity index is 2.36. The largest absolute Gasteiger partial charge is 0.244 e. The van der Waals surface area contributed by atoms with Crippen molar-refractivity contribution in [2.24, 2.45) is 5.92 Å². The second-order valence-corrected chi connectivity index (χ2v) is 9.63. The Labute approximate surface area is 144 Å². The molecular formula is C15H21Br2NO2S. The van der Waals surface area contributed by atoms with E-state index in [0.717, 1.165) is 29.3 Å². The minimum atomic E-state index is -3.45. The lowest BCUT2D eigenvalue weighted by molar-refractivity contribution is 0.373. The predicted molar refractivity (Wildman–Crippen MR) is 92.9 cm³/mol. The quantitative estimate of drug-likeness (QED) is 0.644. The number of sulfonamides is 1. The van der Waals surface area contributed by atoms with Gasteiger partial charge in [0.2, 0.25) is 10.0 Å². The minimum absolute atomic E-state index is 0.181. The molecule has 0 N–H and O–H groups in total. The summed E-state index contributed by atoms with van der Waals surface area (Å²) in [5.74, 6) is 0.495. The van der Waals surface area contributed by atoms with Gasteiger partial charge in [-0.05, 0) is 65.7 Å². The first-order chi connectivity index (χ1) is 9.73. The van der Waals surface area contributed by atoms with Crippen molar-refractivity contribution in [1.29, 1.82) is 0 Å². The van der Waals surface area contributed by atoms with Crippen molar-refractivity contribution in [1.82, 2.24) is 4.31 Å². The summed E-state index contributed by atoms with van der Waals surface area (Å²) in [5, 5.41) is 0. The Kier molecular flexibility index (Phi) is 5.55. The molecule has 1 aromatic rings. The normalized spacial score (nSPS) is 16.0. The Morgan fingerprint density at radius 3 is 2.38 bits per heavy atom. The summed E-state index contributed by atoms with van der Waals surface area (Å²) in [6.45, 7) is 6.79. The number of hydrogen-bond donors (Lipinski definition) is 0. The average molecular weight is 439 g/mol. The van der Waals surface area contributed by atoms with Crippen molar-refractivity contribution < 1.29 is 8.42 Å². The first-order valence-electron chi connectivity index (χ1n) is 7.21. The Bertz CT molecular complexity index is 625. The molecule has 0 amide bonds. The van der Waals surface area contributed by atoms with E-state index in [2.05, 4.69) is 45.7 Å². The van der Waals surface area contributed by atoms with Gasteiger partial charge in [0, 0.05) is 21.5 Å². The summed E-state index contributed by atoms with van der Waals surface area (Å²) in [6, 6.07) is 3.74. The molecule has 0 aliphatic heterocycles. The van der Waals surface area contributed by atoms with E-state index in [1.165, 1.54) is 0 Å². The van der Waals surface area contributed by atoms with Crippen molar-refractivity contribution in [3.8, 4) is 0 Å². The number of aryl methyl sites for hydroxylation is 1. The van der Waals surface area contributed by atoms with Crippen LogP contribution >= 0.6 is 31.9 Å². The van der Waals surface area contributed by atoms with Crippen LogP contribution in [-0.2, 0) is 10.0 Å². The molecule has 6 heteroatoms. The second-order valence-electron chi connectivity index (χ2n) is 6.06. The van der Waals surface area contributed by atoms with E-state index in [-0.39, 0.29) is 6.04 Å². The maximum atomic E-state index is 13.0. The molecule has 21 heavy (non-hydrogen) atoms. The highest BCUT2D eigenvalue weighted by atomic mass is 79.9. The van der Waals surface area contributed by atoms with Crippen LogP contribution in [0.15, 0.2) is 26.0 Å². The summed E-state index contributed by atoms with van der Waals surface area (Å²) in [6.07, 6.45) is 2.84. The van der Waals surface area contributed by atoms with Gasteiger partial charge in [-0.1, -0.05) is 29.8 Å². The van der Waals surface area contributed by atoms with Gasteiger partial charge in [-0.2, -0.15) is 4.31 Å². The molecule has 0 aromatic heterocycles. The molecule has 0 atom stereocenters. The lowest BCUT2D eigenvalue weighted by Crippen LogP contribution is -2.34. The van der Waals surface area contributed by atoms with Crippen LogP contribution in [0.4, 0.5) is 0 Å². The fourth-order valence-electron chi connectivity index (χ4n) is 2.20. The van der Waals surface area contributed by atoms with Gasteiger partial charge < -0.3 is 0 Å². The van der Waals surface area contributed by atoms with Gasteiger partial charge in [-0.15, -0.1) is 0 Å². The molecule has 0 unspecified atom stereocenters. The summed E-state index contributed by atoms with van der Waals surface area (Å²) >= 11 is 6.84. The molecule has 118 valence electrons. The van der Waals surface area contributed by atoms with Gasteiger partial charge in [-0.3, -0.25) is 0 Å². The highest BCUT2D eigenvalue weighted by Crippen LogP contribution is 2.36. The van der Waals surface area contributed by atoms with E-state index in [1.807, 2.05) is 13.0 Å². The Morgan fingerprint density at radius 1 is 1.24 bits per heavy atom. The number of halogens is 2. The SMILES string of the molecule is Cc1cc(Br)c(S(=O)(=O)N(CCC(C)C)C2CC2)cc1Br. The van der Waals surface area contributed by atoms with Crippen LogP contribution < -0.4 is 0 Å². The molecule has 1 aliphatic rings. The van der Waals surface area contributed by atoms with Crippen LogP contribution in [0.3, 0.4) is 0 Å². The van der Waals surface area contributed by atoms with Crippen LogP contribution in [0.1, 0.15) is 38.7 Å². The Hall–Kier alpha value is 0.0900. The van der Waals surface area contributed by atoms with Gasteiger partial charge in [0.1, 0.15) is 0 Å². The third-order valence-corrected chi connectivity index (χ3v) is 7.45. The van der Waals surface area contributed by atoms with Crippen molar-refractivity contribution in [3.05, 3.63) is 26.6 Å². The first kappa shape index (κ1) is 17.4. The van der Waals surface area contributed by atoms with E-state index in [9.17, 15) is 8.42 Å². The molecular weight excluding hydrogens is 418 g/mol. The van der Waals surface area contributed by atoms with Gasteiger partial charge in [0.15, 0.2) is 0 Å². The van der Waals surface area contributed by atoms with Crippen molar-refractivity contribution in [3.63, 3.8) is 0 Å². The van der Waals surface area contributed by atoms with Gasteiger partial charge in [-0.25, -0.2) is 8.42 Å². The second kappa shape index (κ2) is 6.69. The van der Waals surface area contributed by atoms with Crippen molar-refractivity contribution >= 4 is 41.9 Å².